The molecule has 0 aliphatic heterocycles. The van der Waals surface area contributed by atoms with Gasteiger partial charge in [-0.05, 0) is 31.1 Å². The SMILES string of the molecule is CC1CC1C(=O)NCC(O)C1CC1. The molecule has 74 valence electrons. The van der Waals surface area contributed by atoms with Gasteiger partial charge in [-0.2, -0.15) is 0 Å². The van der Waals surface area contributed by atoms with E-state index in [1.165, 1.54) is 0 Å². The van der Waals surface area contributed by atoms with Gasteiger partial charge in [0.2, 0.25) is 5.91 Å². The number of rotatable bonds is 4. The molecule has 2 fully saturated rings. The molecular weight excluding hydrogens is 166 g/mol. The topological polar surface area (TPSA) is 49.3 Å². The van der Waals surface area contributed by atoms with Crippen molar-refractivity contribution in [1.29, 1.82) is 0 Å². The fraction of sp³-hybridized carbons (Fsp3) is 0.900. The summed E-state index contributed by atoms with van der Waals surface area (Å²) in [6, 6.07) is 0. The van der Waals surface area contributed by atoms with Crippen LogP contribution in [0.1, 0.15) is 26.2 Å². The van der Waals surface area contributed by atoms with Crippen LogP contribution in [0.25, 0.3) is 0 Å². The molecule has 0 radical (unpaired) electrons. The zero-order valence-electron chi connectivity index (χ0n) is 7.99. The van der Waals surface area contributed by atoms with Gasteiger partial charge in [-0.15, -0.1) is 0 Å². The molecule has 0 heterocycles. The van der Waals surface area contributed by atoms with Gasteiger partial charge in [0.25, 0.3) is 0 Å². The normalized spacial score (nSPS) is 34.0. The summed E-state index contributed by atoms with van der Waals surface area (Å²) in [5.41, 5.74) is 0. The number of hydrogen-bond acceptors (Lipinski definition) is 2. The van der Waals surface area contributed by atoms with Crippen molar-refractivity contribution in [1.82, 2.24) is 5.32 Å². The van der Waals surface area contributed by atoms with Crippen LogP contribution in [-0.4, -0.2) is 23.7 Å². The zero-order chi connectivity index (χ0) is 9.42. The fourth-order valence-corrected chi connectivity index (χ4v) is 1.67. The predicted octanol–water partition coefficient (Wildman–Crippen LogP) is 0.529. The first kappa shape index (κ1) is 9.00. The molecule has 13 heavy (non-hydrogen) atoms. The van der Waals surface area contributed by atoms with E-state index in [1.807, 2.05) is 0 Å². The molecule has 1 amide bonds. The summed E-state index contributed by atoms with van der Waals surface area (Å²) in [7, 11) is 0. The smallest absolute Gasteiger partial charge is 0.223 e. The number of amides is 1. The zero-order valence-corrected chi connectivity index (χ0v) is 7.99. The van der Waals surface area contributed by atoms with Gasteiger partial charge in [0.05, 0.1) is 6.10 Å². The summed E-state index contributed by atoms with van der Waals surface area (Å²) in [4.78, 5) is 11.3. The van der Waals surface area contributed by atoms with E-state index >= 15 is 0 Å². The molecule has 0 aromatic rings. The molecule has 0 aromatic heterocycles. The van der Waals surface area contributed by atoms with Crippen LogP contribution in [0.15, 0.2) is 0 Å². The summed E-state index contributed by atoms with van der Waals surface area (Å²) in [6.07, 6.45) is 2.96. The van der Waals surface area contributed by atoms with Gasteiger partial charge in [0, 0.05) is 12.5 Å². The van der Waals surface area contributed by atoms with Crippen LogP contribution in [0.4, 0.5) is 0 Å². The largest absolute Gasteiger partial charge is 0.391 e. The molecule has 2 N–H and O–H groups in total. The van der Waals surface area contributed by atoms with Crippen LogP contribution in [0.2, 0.25) is 0 Å². The predicted molar refractivity (Wildman–Crippen MR) is 49.0 cm³/mol. The Morgan fingerprint density at radius 1 is 1.62 bits per heavy atom. The highest BCUT2D eigenvalue weighted by Crippen LogP contribution is 2.37. The third-order valence-corrected chi connectivity index (χ3v) is 3.10. The van der Waals surface area contributed by atoms with E-state index in [4.69, 9.17) is 0 Å². The first-order valence-corrected chi connectivity index (χ1v) is 5.14. The Balaban J connectivity index is 1.64. The van der Waals surface area contributed by atoms with E-state index in [-0.39, 0.29) is 17.9 Å². The van der Waals surface area contributed by atoms with Gasteiger partial charge in [0.15, 0.2) is 0 Å². The Bertz CT molecular complexity index is 213. The van der Waals surface area contributed by atoms with Crippen LogP contribution in [0.3, 0.4) is 0 Å². The molecule has 3 atom stereocenters. The lowest BCUT2D eigenvalue weighted by molar-refractivity contribution is -0.123. The highest BCUT2D eigenvalue weighted by molar-refractivity contribution is 5.81. The second kappa shape index (κ2) is 3.29. The molecule has 0 bridgehead atoms. The van der Waals surface area contributed by atoms with Crippen LogP contribution in [0, 0.1) is 17.8 Å². The molecule has 0 saturated heterocycles. The minimum atomic E-state index is -0.307. The van der Waals surface area contributed by atoms with Gasteiger partial charge in [-0.25, -0.2) is 0 Å². The lowest BCUT2D eigenvalue weighted by Gasteiger charge is -2.09. The maximum Gasteiger partial charge on any atom is 0.223 e. The van der Waals surface area contributed by atoms with Crippen molar-refractivity contribution in [2.75, 3.05) is 6.54 Å². The Kier molecular flexibility index (Phi) is 2.28. The standard InChI is InChI=1S/C10H17NO2/c1-6-4-8(6)10(13)11-5-9(12)7-2-3-7/h6-9,12H,2-5H2,1H3,(H,11,13). The van der Waals surface area contributed by atoms with E-state index in [9.17, 15) is 9.90 Å². The maximum atomic E-state index is 11.3. The van der Waals surface area contributed by atoms with E-state index < -0.39 is 0 Å². The fourth-order valence-electron chi connectivity index (χ4n) is 1.67. The summed E-state index contributed by atoms with van der Waals surface area (Å²) in [6.45, 7) is 2.54. The van der Waals surface area contributed by atoms with Gasteiger partial charge in [-0.1, -0.05) is 6.92 Å². The molecule has 3 heteroatoms. The first-order valence-electron chi connectivity index (χ1n) is 5.14. The molecule has 2 aliphatic carbocycles. The Morgan fingerprint density at radius 3 is 2.69 bits per heavy atom. The average Bonchev–Trinajstić information content (AvgIpc) is 2.91. The molecule has 2 aliphatic rings. The summed E-state index contributed by atoms with van der Waals surface area (Å²) < 4.78 is 0. The number of aliphatic hydroxyl groups excluding tert-OH is 1. The van der Waals surface area contributed by atoms with Crippen LogP contribution in [0.5, 0.6) is 0 Å². The lowest BCUT2D eigenvalue weighted by Crippen LogP contribution is -2.34. The average molecular weight is 183 g/mol. The highest BCUT2D eigenvalue weighted by atomic mass is 16.3. The van der Waals surface area contributed by atoms with Gasteiger partial charge in [0.1, 0.15) is 0 Å². The minimum Gasteiger partial charge on any atom is -0.391 e. The van der Waals surface area contributed by atoms with E-state index in [0.717, 1.165) is 19.3 Å². The summed E-state index contributed by atoms with van der Waals surface area (Å²) in [5.74, 6) is 1.37. The van der Waals surface area contributed by atoms with E-state index in [2.05, 4.69) is 12.2 Å². The number of nitrogens with one attached hydrogen (secondary N) is 1. The molecule has 2 rings (SSSR count). The lowest BCUT2D eigenvalue weighted by atomic mass is 10.2. The number of hydrogen-bond donors (Lipinski definition) is 2. The van der Waals surface area contributed by atoms with Crippen LogP contribution < -0.4 is 5.32 Å². The summed E-state index contributed by atoms with van der Waals surface area (Å²) in [5, 5.41) is 12.3. The third-order valence-electron chi connectivity index (χ3n) is 3.10. The molecule has 3 nitrogen and oxygen atoms in total. The maximum absolute atomic E-state index is 11.3. The highest BCUT2D eigenvalue weighted by Gasteiger charge is 2.39. The molecule has 3 unspecified atom stereocenters. The number of aliphatic hydroxyl groups is 1. The van der Waals surface area contributed by atoms with E-state index in [0.29, 0.717) is 18.4 Å². The Morgan fingerprint density at radius 2 is 2.23 bits per heavy atom. The number of carbonyl (C=O) groups excluding carboxylic acids is 1. The van der Waals surface area contributed by atoms with Crippen molar-refractivity contribution < 1.29 is 9.90 Å². The van der Waals surface area contributed by atoms with Crippen molar-refractivity contribution in [2.45, 2.75) is 32.3 Å². The van der Waals surface area contributed by atoms with Crippen LogP contribution in [-0.2, 0) is 4.79 Å². The molecule has 0 aromatic carbocycles. The van der Waals surface area contributed by atoms with Crippen molar-refractivity contribution in [3.8, 4) is 0 Å². The van der Waals surface area contributed by atoms with Crippen molar-refractivity contribution in [3.63, 3.8) is 0 Å². The number of carbonyl (C=O) groups is 1. The van der Waals surface area contributed by atoms with Gasteiger partial charge < -0.3 is 10.4 Å². The molecular formula is C10H17NO2. The van der Waals surface area contributed by atoms with Crippen molar-refractivity contribution in [3.05, 3.63) is 0 Å². The second-order valence-corrected chi connectivity index (χ2v) is 4.47. The van der Waals surface area contributed by atoms with Crippen molar-refractivity contribution >= 4 is 5.91 Å². The first-order chi connectivity index (χ1) is 6.18. The van der Waals surface area contributed by atoms with E-state index in [1.54, 1.807) is 0 Å². The minimum absolute atomic E-state index is 0.132. The van der Waals surface area contributed by atoms with Gasteiger partial charge in [-0.3, -0.25) is 4.79 Å². The third kappa shape index (κ3) is 2.21. The van der Waals surface area contributed by atoms with Crippen molar-refractivity contribution in [2.24, 2.45) is 17.8 Å². The summed E-state index contributed by atoms with van der Waals surface area (Å²) >= 11 is 0. The molecule has 0 spiro atoms. The quantitative estimate of drug-likeness (QED) is 0.668. The second-order valence-electron chi connectivity index (χ2n) is 4.47. The van der Waals surface area contributed by atoms with Crippen LogP contribution >= 0.6 is 0 Å². The monoisotopic (exact) mass is 183 g/mol. The Labute approximate surface area is 78.5 Å². The molecule has 2 saturated carbocycles. The Hall–Kier alpha value is -0.570. The van der Waals surface area contributed by atoms with Gasteiger partial charge >= 0.3 is 0 Å².